The lowest BCUT2D eigenvalue weighted by Gasteiger charge is -2.33. The number of hydrogen-bond acceptors (Lipinski definition) is 5. The molecule has 0 atom stereocenters. The van der Waals surface area contributed by atoms with Gasteiger partial charge in [0, 0.05) is 40.4 Å². The monoisotopic (exact) mass is 854 g/mol. The molecule has 0 aliphatic heterocycles. The van der Waals surface area contributed by atoms with Crippen LogP contribution in [-0.2, 0) is 16.2 Å². The molecule has 0 radical (unpaired) electrons. The van der Waals surface area contributed by atoms with E-state index in [1.165, 1.54) is 44.5 Å². The Morgan fingerprint density at radius 1 is 0.439 bits per heavy atom. The predicted molar refractivity (Wildman–Crippen MR) is 272 cm³/mol. The van der Waals surface area contributed by atoms with E-state index < -0.39 is 5.41 Å². The smallest absolute Gasteiger partial charge is 0.145 e. The number of anilines is 6. The lowest BCUT2D eigenvalue weighted by atomic mass is 9.70. The molecule has 2 aliphatic carbocycles. The Balaban J connectivity index is 1.19. The Morgan fingerprint density at radius 3 is 1.55 bits per heavy atom. The molecule has 0 fully saturated rings. The van der Waals surface area contributed by atoms with E-state index in [1.54, 1.807) is 0 Å². The van der Waals surface area contributed by atoms with Crippen molar-refractivity contribution in [3.8, 4) is 22.3 Å². The SMILES string of the molecule is CC(C)(C)c1ccc(N(c2cccnc2)c2ccc3c(c2)C2(c4ccccc4-c4ccccc42)c2cc(N(c4ccc(C(C)(C)C)cc4)c4cccnc4)c4c(oc5ccccc54)c2-3)cc1. The Hall–Kier alpha value is -7.76. The number of fused-ring (bicyclic) bond motifs is 14. The van der Waals surface area contributed by atoms with E-state index in [1.807, 2.05) is 36.9 Å². The van der Waals surface area contributed by atoms with E-state index in [-0.39, 0.29) is 10.8 Å². The van der Waals surface area contributed by atoms with Crippen molar-refractivity contribution < 1.29 is 4.42 Å². The van der Waals surface area contributed by atoms with Gasteiger partial charge in [-0.25, -0.2) is 0 Å². The van der Waals surface area contributed by atoms with Crippen LogP contribution in [0.5, 0.6) is 0 Å². The van der Waals surface area contributed by atoms with Gasteiger partial charge in [-0.05, 0) is 134 Å². The molecule has 0 amide bonds. The van der Waals surface area contributed by atoms with Crippen molar-refractivity contribution in [2.45, 2.75) is 57.8 Å². The van der Waals surface area contributed by atoms with Crippen molar-refractivity contribution >= 4 is 56.1 Å². The second-order valence-electron chi connectivity index (χ2n) is 19.9. The molecule has 3 aromatic heterocycles. The number of pyridine rings is 2. The van der Waals surface area contributed by atoms with Crippen molar-refractivity contribution in [1.29, 1.82) is 0 Å². The molecule has 66 heavy (non-hydrogen) atoms. The van der Waals surface area contributed by atoms with Gasteiger partial charge < -0.3 is 14.2 Å². The maximum atomic E-state index is 7.25. The Kier molecular flexibility index (Phi) is 8.82. The Morgan fingerprint density at radius 2 is 0.970 bits per heavy atom. The maximum Gasteiger partial charge on any atom is 0.145 e. The molecule has 5 heteroatoms. The topological polar surface area (TPSA) is 45.4 Å². The third-order valence-corrected chi connectivity index (χ3v) is 14.0. The highest BCUT2D eigenvalue weighted by Gasteiger charge is 2.53. The van der Waals surface area contributed by atoms with E-state index in [0.717, 1.165) is 67.2 Å². The fourth-order valence-corrected chi connectivity index (χ4v) is 10.8. The molecule has 0 bridgehead atoms. The molecule has 0 saturated heterocycles. The van der Waals surface area contributed by atoms with Crippen LogP contribution >= 0.6 is 0 Å². The highest BCUT2D eigenvalue weighted by Crippen LogP contribution is 2.66. The minimum Gasteiger partial charge on any atom is -0.455 e. The standard InChI is InChI=1S/C61H50N4O/c1-59(2,3)39-23-27-41(28-24-39)64(44-15-13-33-62-37-44)43-31-32-48-52(35-43)61(50-20-10-7-17-46(50)47-18-8-11-21-51(47)61)53-36-54(57-49-19-9-12-22-55(49)66-58(57)56(48)53)65(45-16-14-34-63-38-45)42-29-25-40(26-30-42)60(4,5)6/h7-38H,1-6H3. The number of aromatic nitrogens is 2. The normalized spacial score (nSPS) is 13.4. The van der Waals surface area contributed by atoms with Gasteiger partial charge in [0.05, 0.1) is 40.3 Å². The van der Waals surface area contributed by atoms with Crippen molar-refractivity contribution in [2.75, 3.05) is 9.80 Å². The molecule has 7 aromatic carbocycles. The van der Waals surface area contributed by atoms with Crippen LogP contribution in [0.4, 0.5) is 34.1 Å². The first-order valence-electron chi connectivity index (χ1n) is 23.0. The van der Waals surface area contributed by atoms with Crippen molar-refractivity contribution in [1.82, 2.24) is 9.97 Å². The van der Waals surface area contributed by atoms with Gasteiger partial charge in [-0.3, -0.25) is 9.97 Å². The number of rotatable bonds is 6. The van der Waals surface area contributed by atoms with Gasteiger partial charge in [0.25, 0.3) is 0 Å². The van der Waals surface area contributed by atoms with Crippen LogP contribution in [0, 0.1) is 0 Å². The highest BCUT2D eigenvalue weighted by atomic mass is 16.3. The fraction of sp³-hybridized carbons (Fsp3) is 0.148. The Bertz CT molecular complexity index is 3440. The lowest BCUT2D eigenvalue weighted by molar-refractivity contribution is 0.590. The fourth-order valence-electron chi connectivity index (χ4n) is 10.8. The van der Waals surface area contributed by atoms with Crippen LogP contribution in [0.2, 0.25) is 0 Å². The summed E-state index contributed by atoms with van der Waals surface area (Å²) in [6.45, 7) is 13.6. The molecular formula is C61H50N4O. The summed E-state index contributed by atoms with van der Waals surface area (Å²) in [5.74, 6) is 0. The molecule has 1 spiro atoms. The molecule has 2 aliphatic rings. The first kappa shape index (κ1) is 39.8. The van der Waals surface area contributed by atoms with Crippen LogP contribution in [0.25, 0.3) is 44.2 Å². The van der Waals surface area contributed by atoms with E-state index >= 15 is 0 Å². The minimum atomic E-state index is -0.691. The predicted octanol–water partition coefficient (Wildman–Crippen LogP) is 16.3. The van der Waals surface area contributed by atoms with Crippen molar-refractivity contribution in [3.05, 3.63) is 228 Å². The van der Waals surface area contributed by atoms with Crippen LogP contribution in [0.3, 0.4) is 0 Å². The zero-order valence-electron chi connectivity index (χ0n) is 38.2. The summed E-state index contributed by atoms with van der Waals surface area (Å²) >= 11 is 0. The molecule has 320 valence electrons. The largest absolute Gasteiger partial charge is 0.455 e. The third kappa shape index (κ3) is 5.92. The number of para-hydroxylation sites is 1. The van der Waals surface area contributed by atoms with E-state index in [2.05, 4.69) is 214 Å². The summed E-state index contributed by atoms with van der Waals surface area (Å²) in [5, 5.41) is 2.13. The summed E-state index contributed by atoms with van der Waals surface area (Å²) in [6, 6.07) is 62.5. The van der Waals surface area contributed by atoms with Gasteiger partial charge in [0.15, 0.2) is 0 Å². The van der Waals surface area contributed by atoms with Crippen molar-refractivity contribution in [3.63, 3.8) is 0 Å². The molecular weight excluding hydrogens is 805 g/mol. The van der Waals surface area contributed by atoms with Gasteiger partial charge in [-0.15, -0.1) is 0 Å². The number of benzene rings is 7. The molecule has 0 saturated carbocycles. The van der Waals surface area contributed by atoms with E-state index in [4.69, 9.17) is 9.40 Å². The first-order valence-corrected chi connectivity index (χ1v) is 23.0. The van der Waals surface area contributed by atoms with Gasteiger partial charge >= 0.3 is 0 Å². The lowest BCUT2D eigenvalue weighted by Crippen LogP contribution is -2.26. The van der Waals surface area contributed by atoms with E-state index in [9.17, 15) is 0 Å². The van der Waals surface area contributed by atoms with Crippen LogP contribution in [-0.4, -0.2) is 9.97 Å². The second kappa shape index (κ2) is 14.6. The zero-order chi connectivity index (χ0) is 45.0. The van der Waals surface area contributed by atoms with Crippen LogP contribution < -0.4 is 9.80 Å². The minimum absolute atomic E-state index is 0.00199. The molecule has 3 heterocycles. The molecule has 0 N–H and O–H groups in total. The summed E-state index contributed by atoms with van der Waals surface area (Å²) in [7, 11) is 0. The van der Waals surface area contributed by atoms with E-state index in [0.29, 0.717) is 0 Å². The van der Waals surface area contributed by atoms with Gasteiger partial charge in [-0.2, -0.15) is 0 Å². The summed E-state index contributed by atoms with van der Waals surface area (Å²) in [6.07, 6.45) is 7.62. The zero-order valence-corrected chi connectivity index (χ0v) is 38.2. The number of nitrogens with zero attached hydrogens (tertiary/aromatic N) is 4. The van der Waals surface area contributed by atoms with Crippen LogP contribution in [0.15, 0.2) is 199 Å². The number of furan rings is 1. The highest BCUT2D eigenvalue weighted by molar-refractivity contribution is 6.20. The average Bonchev–Trinajstić information content (AvgIpc) is 3.97. The molecule has 10 aromatic rings. The van der Waals surface area contributed by atoms with Crippen LogP contribution in [0.1, 0.15) is 74.9 Å². The second-order valence-corrected chi connectivity index (χ2v) is 19.9. The Labute approximate surface area is 386 Å². The molecule has 0 unspecified atom stereocenters. The van der Waals surface area contributed by atoms with Gasteiger partial charge in [0.1, 0.15) is 11.2 Å². The van der Waals surface area contributed by atoms with Gasteiger partial charge in [0.2, 0.25) is 0 Å². The molecule has 5 nitrogen and oxygen atoms in total. The molecule has 12 rings (SSSR count). The summed E-state index contributed by atoms with van der Waals surface area (Å²) < 4.78 is 7.25. The maximum absolute atomic E-state index is 7.25. The number of hydrogen-bond donors (Lipinski definition) is 0. The average molecular weight is 855 g/mol. The first-order chi connectivity index (χ1) is 32.0. The van der Waals surface area contributed by atoms with Gasteiger partial charge in [-0.1, -0.05) is 139 Å². The summed E-state index contributed by atoms with van der Waals surface area (Å²) in [4.78, 5) is 14.1. The summed E-state index contributed by atoms with van der Waals surface area (Å²) in [5.41, 5.74) is 19.5. The quantitative estimate of drug-likeness (QED) is 0.167. The van der Waals surface area contributed by atoms with Crippen molar-refractivity contribution in [2.24, 2.45) is 0 Å². The third-order valence-electron chi connectivity index (χ3n) is 14.0.